The molecule has 0 atom stereocenters. The lowest BCUT2D eigenvalue weighted by Gasteiger charge is -2.17. The highest BCUT2D eigenvalue weighted by atomic mass is 35.5. The fourth-order valence-corrected chi connectivity index (χ4v) is 1.99. The van der Waals surface area contributed by atoms with Crippen LogP contribution in [0.15, 0.2) is 12.1 Å². The first kappa shape index (κ1) is 16.7. The van der Waals surface area contributed by atoms with Crippen LogP contribution in [0, 0.1) is 10.1 Å². The second-order valence-corrected chi connectivity index (χ2v) is 4.91. The van der Waals surface area contributed by atoms with E-state index in [2.05, 4.69) is 0 Å². The molecule has 8 heteroatoms. The zero-order valence-electron chi connectivity index (χ0n) is 11.1. The molecular weight excluding hydrogens is 307 g/mol. The Labute approximate surface area is 126 Å². The van der Waals surface area contributed by atoms with Crippen molar-refractivity contribution in [2.24, 2.45) is 0 Å². The van der Waals surface area contributed by atoms with Gasteiger partial charge in [-0.2, -0.15) is 0 Å². The molecule has 20 heavy (non-hydrogen) atoms. The molecule has 0 aliphatic heterocycles. The zero-order chi connectivity index (χ0) is 15.3. The van der Waals surface area contributed by atoms with E-state index < -0.39 is 4.92 Å². The lowest BCUT2D eigenvalue weighted by atomic mass is 10.1. The molecule has 1 aromatic rings. The third-order valence-electron chi connectivity index (χ3n) is 2.64. The van der Waals surface area contributed by atoms with Crippen LogP contribution in [0.2, 0.25) is 10.0 Å². The maximum Gasteiger partial charge on any atom is 0.290 e. The number of carbonyl (C=O) groups excluding carboxylic acids is 1. The third-order valence-corrected chi connectivity index (χ3v) is 3.43. The lowest BCUT2D eigenvalue weighted by molar-refractivity contribution is -0.384. The average molecular weight is 321 g/mol. The standard InChI is InChI=1S/C12H14Cl2N2O4/c1-15(4-3-5-20-2)12(17)8-6-9(13)11(14)10(7-8)16(18)19/h6-7H,3-5H2,1-2H3. The molecule has 0 unspecified atom stereocenters. The normalized spacial score (nSPS) is 10.4. The fourth-order valence-electron chi connectivity index (χ4n) is 1.60. The van der Waals surface area contributed by atoms with Gasteiger partial charge in [0.15, 0.2) is 0 Å². The van der Waals surface area contributed by atoms with Gasteiger partial charge in [0.25, 0.3) is 11.6 Å². The summed E-state index contributed by atoms with van der Waals surface area (Å²) >= 11 is 11.5. The molecule has 110 valence electrons. The highest BCUT2D eigenvalue weighted by molar-refractivity contribution is 6.43. The van der Waals surface area contributed by atoms with E-state index in [1.54, 1.807) is 14.2 Å². The monoisotopic (exact) mass is 320 g/mol. The molecule has 0 aromatic heterocycles. The number of nitrogens with zero attached hydrogens (tertiary/aromatic N) is 2. The van der Waals surface area contributed by atoms with E-state index in [1.165, 1.54) is 11.0 Å². The number of methoxy groups -OCH3 is 1. The van der Waals surface area contributed by atoms with Gasteiger partial charge in [0.1, 0.15) is 5.02 Å². The summed E-state index contributed by atoms with van der Waals surface area (Å²) in [6, 6.07) is 2.45. The highest BCUT2D eigenvalue weighted by Crippen LogP contribution is 2.33. The molecule has 0 N–H and O–H groups in total. The van der Waals surface area contributed by atoms with Crippen LogP contribution in [0.3, 0.4) is 0 Å². The van der Waals surface area contributed by atoms with Gasteiger partial charge in [-0.1, -0.05) is 23.2 Å². The van der Waals surface area contributed by atoms with E-state index >= 15 is 0 Å². The van der Waals surface area contributed by atoms with Crippen LogP contribution >= 0.6 is 23.2 Å². The largest absolute Gasteiger partial charge is 0.385 e. The van der Waals surface area contributed by atoms with Gasteiger partial charge in [-0.05, 0) is 12.5 Å². The van der Waals surface area contributed by atoms with Crippen molar-refractivity contribution in [2.45, 2.75) is 6.42 Å². The molecule has 0 saturated heterocycles. The first-order valence-electron chi connectivity index (χ1n) is 5.76. The maximum absolute atomic E-state index is 12.1. The number of hydrogen-bond acceptors (Lipinski definition) is 4. The van der Waals surface area contributed by atoms with Crippen LogP contribution in [0.5, 0.6) is 0 Å². The van der Waals surface area contributed by atoms with Crippen molar-refractivity contribution in [1.29, 1.82) is 0 Å². The molecule has 6 nitrogen and oxygen atoms in total. The Bertz CT molecular complexity index is 522. The van der Waals surface area contributed by atoms with Gasteiger partial charge in [-0.3, -0.25) is 14.9 Å². The zero-order valence-corrected chi connectivity index (χ0v) is 12.6. The number of rotatable bonds is 6. The summed E-state index contributed by atoms with van der Waals surface area (Å²) in [4.78, 5) is 23.8. The summed E-state index contributed by atoms with van der Waals surface area (Å²) < 4.78 is 4.90. The Morgan fingerprint density at radius 2 is 2.10 bits per heavy atom. The lowest BCUT2D eigenvalue weighted by Crippen LogP contribution is -2.28. The van der Waals surface area contributed by atoms with Crippen LogP contribution in [-0.2, 0) is 4.74 Å². The highest BCUT2D eigenvalue weighted by Gasteiger charge is 2.21. The van der Waals surface area contributed by atoms with E-state index in [9.17, 15) is 14.9 Å². The van der Waals surface area contributed by atoms with Crippen molar-refractivity contribution in [3.8, 4) is 0 Å². The Morgan fingerprint density at radius 1 is 1.45 bits per heavy atom. The van der Waals surface area contributed by atoms with Crippen LogP contribution < -0.4 is 0 Å². The first-order valence-corrected chi connectivity index (χ1v) is 6.52. The van der Waals surface area contributed by atoms with E-state index in [0.29, 0.717) is 19.6 Å². The number of benzene rings is 1. The summed E-state index contributed by atoms with van der Waals surface area (Å²) in [5, 5.41) is 10.7. The van der Waals surface area contributed by atoms with Gasteiger partial charge in [0.2, 0.25) is 0 Å². The van der Waals surface area contributed by atoms with E-state index in [4.69, 9.17) is 27.9 Å². The molecule has 0 saturated carbocycles. The number of amides is 1. The minimum absolute atomic E-state index is 0.0190. The summed E-state index contributed by atoms with van der Waals surface area (Å²) in [6.45, 7) is 1.000. The quantitative estimate of drug-likeness (QED) is 0.459. The SMILES string of the molecule is COCCCN(C)C(=O)c1cc(Cl)c(Cl)c([N+](=O)[O-])c1. The molecule has 1 rings (SSSR count). The van der Waals surface area contributed by atoms with Crippen LogP contribution in [-0.4, -0.2) is 43.0 Å². The number of carbonyl (C=O) groups is 1. The molecule has 0 spiro atoms. The Morgan fingerprint density at radius 3 is 2.65 bits per heavy atom. The first-order chi connectivity index (χ1) is 9.38. The molecule has 0 bridgehead atoms. The second-order valence-electron chi connectivity index (χ2n) is 4.12. The van der Waals surface area contributed by atoms with Gasteiger partial charge in [-0.25, -0.2) is 0 Å². The summed E-state index contributed by atoms with van der Waals surface area (Å²) in [5.74, 6) is -0.359. The summed E-state index contributed by atoms with van der Waals surface area (Å²) in [6.07, 6.45) is 0.669. The van der Waals surface area contributed by atoms with E-state index in [-0.39, 0.29) is 27.2 Å². The molecule has 0 fully saturated rings. The molecular formula is C12H14Cl2N2O4. The minimum atomic E-state index is -0.671. The summed E-state index contributed by atoms with van der Waals surface area (Å²) in [7, 11) is 3.18. The smallest absolute Gasteiger partial charge is 0.290 e. The topological polar surface area (TPSA) is 72.7 Å². The van der Waals surface area contributed by atoms with Crippen molar-refractivity contribution in [3.63, 3.8) is 0 Å². The predicted octanol–water partition coefficient (Wildman–Crippen LogP) is 3.01. The van der Waals surface area contributed by atoms with Gasteiger partial charge in [0.05, 0.1) is 9.95 Å². The van der Waals surface area contributed by atoms with Crippen LogP contribution in [0.25, 0.3) is 0 Å². The van der Waals surface area contributed by atoms with Crippen molar-refractivity contribution < 1.29 is 14.5 Å². The third kappa shape index (κ3) is 4.06. The number of hydrogen-bond donors (Lipinski definition) is 0. The van der Waals surface area contributed by atoms with Crippen molar-refractivity contribution >= 4 is 34.8 Å². The molecule has 1 aromatic carbocycles. The second kappa shape index (κ2) is 7.42. The van der Waals surface area contributed by atoms with Crippen molar-refractivity contribution in [2.75, 3.05) is 27.3 Å². The van der Waals surface area contributed by atoms with Crippen molar-refractivity contribution in [3.05, 3.63) is 37.9 Å². The minimum Gasteiger partial charge on any atom is -0.385 e. The average Bonchev–Trinajstić information content (AvgIpc) is 2.40. The van der Waals surface area contributed by atoms with E-state index in [1.807, 2.05) is 0 Å². The predicted molar refractivity (Wildman–Crippen MR) is 76.6 cm³/mol. The van der Waals surface area contributed by atoms with Crippen LogP contribution in [0.4, 0.5) is 5.69 Å². The number of nitro groups is 1. The summed E-state index contributed by atoms with van der Waals surface area (Å²) in [5.41, 5.74) is -0.251. The van der Waals surface area contributed by atoms with Crippen LogP contribution in [0.1, 0.15) is 16.8 Å². The Kier molecular flexibility index (Phi) is 6.19. The van der Waals surface area contributed by atoms with Gasteiger partial charge >= 0.3 is 0 Å². The molecule has 0 aliphatic rings. The number of nitro benzene ring substituents is 1. The van der Waals surface area contributed by atoms with Gasteiger partial charge in [0, 0.05) is 38.9 Å². The Balaban J connectivity index is 2.96. The number of halogens is 2. The molecule has 0 radical (unpaired) electrons. The van der Waals surface area contributed by atoms with Gasteiger partial charge < -0.3 is 9.64 Å². The maximum atomic E-state index is 12.1. The van der Waals surface area contributed by atoms with E-state index in [0.717, 1.165) is 6.07 Å². The fraction of sp³-hybridized carbons (Fsp3) is 0.417. The van der Waals surface area contributed by atoms with Crippen molar-refractivity contribution in [1.82, 2.24) is 4.90 Å². The molecule has 1 amide bonds. The molecule has 0 heterocycles. The number of ether oxygens (including phenoxy) is 1. The van der Waals surface area contributed by atoms with Gasteiger partial charge in [-0.15, -0.1) is 0 Å². The molecule has 0 aliphatic carbocycles. The Hall–Kier alpha value is -1.37.